The lowest BCUT2D eigenvalue weighted by atomic mass is 9.89. The van der Waals surface area contributed by atoms with Gasteiger partial charge in [0.25, 0.3) is 0 Å². The number of carbonyl (C=O) groups excluding carboxylic acids is 1. The van der Waals surface area contributed by atoms with Gasteiger partial charge in [0.15, 0.2) is 0 Å². The van der Waals surface area contributed by atoms with Crippen molar-refractivity contribution in [1.82, 2.24) is 9.80 Å². The second-order valence-electron chi connectivity index (χ2n) is 11.8. The Kier molecular flexibility index (Phi) is 9.66. The molecule has 0 unspecified atom stereocenters. The highest BCUT2D eigenvalue weighted by Crippen LogP contribution is 2.36. The van der Waals surface area contributed by atoms with E-state index in [2.05, 4.69) is 108 Å². The zero-order valence-electron chi connectivity index (χ0n) is 25.8. The third kappa shape index (κ3) is 7.00. The van der Waals surface area contributed by atoms with Crippen LogP contribution in [0.2, 0.25) is 0 Å². The summed E-state index contributed by atoms with van der Waals surface area (Å²) in [5.41, 5.74) is 10.9. The van der Waals surface area contributed by atoms with E-state index in [0.29, 0.717) is 36.9 Å². The van der Waals surface area contributed by atoms with E-state index in [1.54, 1.807) is 0 Å². The van der Waals surface area contributed by atoms with Gasteiger partial charge in [0.05, 0.1) is 24.1 Å². The van der Waals surface area contributed by atoms with Gasteiger partial charge < -0.3 is 9.64 Å². The summed E-state index contributed by atoms with van der Waals surface area (Å²) >= 11 is 6.85. The number of nitrogens with zero attached hydrogens (tertiary/aromatic N) is 2. The number of ether oxygens (including phenoxy) is 1. The highest BCUT2D eigenvalue weighted by Gasteiger charge is 2.37. The van der Waals surface area contributed by atoms with Crippen LogP contribution >= 0.6 is 11.6 Å². The maximum absolute atomic E-state index is 13.5. The fourth-order valence-electron chi connectivity index (χ4n) is 6.57. The normalized spacial score (nSPS) is 20.0. The van der Waals surface area contributed by atoms with Gasteiger partial charge in [-0.05, 0) is 53.3 Å². The number of carbonyl (C=O) groups is 1. The molecule has 2 fully saturated rings. The highest BCUT2D eigenvalue weighted by molar-refractivity contribution is 6.31. The predicted molar refractivity (Wildman–Crippen MR) is 184 cm³/mol. The molecule has 2 heterocycles. The molecule has 3 aromatic rings. The molecular weight excluding hydrogens is 576 g/mol. The number of rotatable bonds is 9. The minimum absolute atomic E-state index is 0.0706. The number of amides is 1. The molecule has 3 aromatic carbocycles. The van der Waals surface area contributed by atoms with Crippen molar-refractivity contribution >= 4 is 29.2 Å². The Morgan fingerprint density at radius 2 is 1.71 bits per heavy atom. The standard InChI is InChI=1S/C40H39ClN2O2/c1-3-5-13-30-18-12-19-38(37(30)4-2)33-22-34(41)24-35-25-36(23-33)45-21-20-39(44)43(35)28-29-26-42(27-29)40(31-14-8-6-9-15-31)32-16-10-7-11-17-32/h3-12,14-19,23-24,29,40H,2,13,20-21,25-28H2,1H3/b5-3-,35-24+,36-23+. The van der Waals surface area contributed by atoms with Crippen molar-refractivity contribution in [2.45, 2.75) is 32.2 Å². The van der Waals surface area contributed by atoms with E-state index in [9.17, 15) is 4.79 Å². The van der Waals surface area contributed by atoms with Crippen molar-refractivity contribution in [2.75, 3.05) is 26.2 Å². The van der Waals surface area contributed by atoms with Gasteiger partial charge in [-0.1, -0.05) is 121 Å². The molecule has 0 N–H and O–H groups in total. The number of benzene rings is 3. The van der Waals surface area contributed by atoms with Gasteiger partial charge in [-0.25, -0.2) is 0 Å². The summed E-state index contributed by atoms with van der Waals surface area (Å²) in [6, 6.07) is 27.8. The number of hydrogen-bond donors (Lipinski definition) is 0. The summed E-state index contributed by atoms with van der Waals surface area (Å²) in [6.07, 6.45) is 11.6. The third-order valence-electron chi connectivity index (χ3n) is 8.75. The molecule has 4 nitrogen and oxygen atoms in total. The fraction of sp³-hybridized carbons (Fsp3) is 0.250. The first-order chi connectivity index (χ1) is 22.0. The molecule has 2 bridgehead atoms. The summed E-state index contributed by atoms with van der Waals surface area (Å²) in [5.74, 6) is 1.23. The minimum atomic E-state index is 0.0706. The molecule has 6 rings (SSSR count). The van der Waals surface area contributed by atoms with E-state index < -0.39 is 0 Å². The van der Waals surface area contributed by atoms with Crippen LogP contribution in [0.3, 0.4) is 0 Å². The van der Waals surface area contributed by atoms with Crippen LogP contribution in [-0.4, -0.2) is 41.9 Å². The largest absolute Gasteiger partial charge is 0.497 e. The van der Waals surface area contributed by atoms with E-state index in [1.165, 1.54) is 16.7 Å². The van der Waals surface area contributed by atoms with Crippen molar-refractivity contribution in [1.29, 1.82) is 0 Å². The monoisotopic (exact) mass is 614 g/mol. The van der Waals surface area contributed by atoms with Crippen LogP contribution in [0.1, 0.15) is 53.6 Å². The van der Waals surface area contributed by atoms with Crippen LogP contribution in [0.25, 0.3) is 11.6 Å². The number of hydrogen-bond acceptors (Lipinski definition) is 3. The SMILES string of the molecule is C=Cc1c(C/C=C\C)cccc1C1=C=C(Cl)/C=C2\C/C(=C\1)OCCC(=O)N2CC1CN(C(c2ccccc2)c2ccccc2)C1. The van der Waals surface area contributed by atoms with Gasteiger partial charge in [0.2, 0.25) is 5.91 Å². The van der Waals surface area contributed by atoms with Crippen LogP contribution in [0, 0.1) is 5.92 Å². The number of allylic oxidation sites excluding steroid dienone is 5. The Balaban J connectivity index is 1.27. The van der Waals surface area contributed by atoms with Crippen molar-refractivity contribution < 1.29 is 9.53 Å². The van der Waals surface area contributed by atoms with Crippen LogP contribution in [-0.2, 0) is 16.0 Å². The molecule has 5 heteroatoms. The highest BCUT2D eigenvalue weighted by atomic mass is 35.5. The van der Waals surface area contributed by atoms with Gasteiger partial charge in [-0.3, -0.25) is 9.69 Å². The first-order valence-corrected chi connectivity index (χ1v) is 16.1. The zero-order chi connectivity index (χ0) is 31.2. The van der Waals surface area contributed by atoms with Crippen molar-refractivity contribution in [2.24, 2.45) is 5.92 Å². The molecule has 0 spiro atoms. The second kappa shape index (κ2) is 14.2. The topological polar surface area (TPSA) is 32.8 Å². The lowest BCUT2D eigenvalue weighted by Crippen LogP contribution is -2.53. The maximum atomic E-state index is 13.5. The average molecular weight is 615 g/mol. The quantitative estimate of drug-likeness (QED) is 0.179. The van der Waals surface area contributed by atoms with Gasteiger partial charge in [-0.15, -0.1) is 0 Å². The summed E-state index contributed by atoms with van der Waals surface area (Å²) in [4.78, 5) is 17.9. The molecule has 1 aliphatic carbocycles. The van der Waals surface area contributed by atoms with Crippen LogP contribution < -0.4 is 0 Å². The number of halogens is 1. The molecule has 45 heavy (non-hydrogen) atoms. The number of fused-ring (bicyclic) bond motifs is 2. The molecule has 0 aromatic heterocycles. The first-order valence-electron chi connectivity index (χ1n) is 15.7. The summed E-state index contributed by atoms with van der Waals surface area (Å²) in [6.45, 7) is 8.94. The molecule has 3 aliphatic rings. The predicted octanol–water partition coefficient (Wildman–Crippen LogP) is 8.70. The third-order valence-corrected chi connectivity index (χ3v) is 8.95. The van der Waals surface area contributed by atoms with E-state index in [-0.39, 0.29) is 11.9 Å². The second-order valence-corrected chi connectivity index (χ2v) is 12.2. The molecule has 1 amide bonds. The Morgan fingerprint density at radius 1 is 1.00 bits per heavy atom. The smallest absolute Gasteiger partial charge is 0.230 e. The minimum Gasteiger partial charge on any atom is -0.497 e. The molecule has 228 valence electrons. The van der Waals surface area contributed by atoms with Crippen molar-refractivity contribution in [3.8, 4) is 0 Å². The Labute approximate surface area is 272 Å². The molecule has 0 radical (unpaired) electrons. The average Bonchev–Trinajstić information content (AvgIpc) is 3.03. The van der Waals surface area contributed by atoms with Gasteiger partial charge in [-0.2, -0.15) is 0 Å². The van der Waals surface area contributed by atoms with E-state index in [1.807, 2.05) is 30.1 Å². The molecule has 0 atom stereocenters. The Hall–Kier alpha value is -4.34. The van der Waals surface area contributed by atoms with Crippen LogP contribution in [0.4, 0.5) is 0 Å². The molecule has 0 saturated carbocycles. The van der Waals surface area contributed by atoms with Crippen molar-refractivity contribution in [3.63, 3.8) is 0 Å². The van der Waals surface area contributed by atoms with Gasteiger partial charge in [0.1, 0.15) is 5.76 Å². The lowest BCUT2D eigenvalue weighted by Gasteiger charge is -2.46. The van der Waals surface area contributed by atoms with E-state index >= 15 is 0 Å². The maximum Gasteiger partial charge on any atom is 0.230 e. The molecule has 2 aliphatic heterocycles. The summed E-state index contributed by atoms with van der Waals surface area (Å²) in [7, 11) is 0. The summed E-state index contributed by atoms with van der Waals surface area (Å²) < 4.78 is 6.17. The fourth-order valence-corrected chi connectivity index (χ4v) is 6.80. The zero-order valence-corrected chi connectivity index (χ0v) is 26.5. The Morgan fingerprint density at radius 3 is 2.38 bits per heavy atom. The van der Waals surface area contributed by atoms with Crippen LogP contribution in [0.15, 0.2) is 132 Å². The van der Waals surface area contributed by atoms with Crippen LogP contribution in [0.5, 0.6) is 0 Å². The lowest BCUT2D eigenvalue weighted by molar-refractivity contribution is -0.132. The first kappa shape index (κ1) is 30.7. The van der Waals surface area contributed by atoms with E-state index in [4.69, 9.17) is 16.3 Å². The molecular formula is C40H39ClN2O2. The van der Waals surface area contributed by atoms with Gasteiger partial charge in [0, 0.05) is 43.2 Å². The van der Waals surface area contributed by atoms with E-state index in [0.717, 1.165) is 47.7 Å². The summed E-state index contributed by atoms with van der Waals surface area (Å²) in [5, 5.41) is 0.464. The van der Waals surface area contributed by atoms with Gasteiger partial charge >= 0.3 is 0 Å². The number of likely N-dealkylation sites (tertiary alicyclic amines) is 1. The van der Waals surface area contributed by atoms with Crippen molar-refractivity contribution in [3.05, 3.63) is 160 Å². The molecule has 2 saturated heterocycles. The Bertz CT molecular complexity index is 1670.